The number of aliphatic hydroxyl groups is 1. The fourth-order valence-corrected chi connectivity index (χ4v) is 1.14. The lowest BCUT2D eigenvalue weighted by atomic mass is 10.5. The van der Waals surface area contributed by atoms with Gasteiger partial charge in [0.15, 0.2) is 0 Å². The summed E-state index contributed by atoms with van der Waals surface area (Å²) in [6.45, 7) is 0.807. The van der Waals surface area contributed by atoms with Crippen molar-refractivity contribution in [3.8, 4) is 0 Å². The van der Waals surface area contributed by atoms with Gasteiger partial charge in [0.2, 0.25) is 0 Å². The summed E-state index contributed by atoms with van der Waals surface area (Å²) in [5.74, 6) is 0. The zero-order chi connectivity index (χ0) is 7.49. The second-order valence-corrected chi connectivity index (χ2v) is 4.18. The Morgan fingerprint density at radius 1 is 1.40 bits per heavy atom. The summed E-state index contributed by atoms with van der Waals surface area (Å²) in [6.07, 6.45) is 1.92. The van der Waals surface area contributed by atoms with E-state index in [0.29, 0.717) is 0 Å². The van der Waals surface area contributed by atoms with Gasteiger partial charge in [-0.3, -0.25) is 0 Å². The van der Waals surface area contributed by atoms with Crippen molar-refractivity contribution in [1.82, 2.24) is 0 Å². The number of hydrogen-bond acceptors (Lipinski definition) is 2. The highest BCUT2D eigenvalue weighted by Gasteiger charge is 2.12. The molecule has 0 aliphatic rings. The molecule has 1 N–H and O–H groups in total. The van der Waals surface area contributed by atoms with Gasteiger partial charge in [-0.2, -0.15) is 0 Å². The van der Waals surface area contributed by atoms with Gasteiger partial charge < -0.3 is 33.6 Å². The Balaban J connectivity index is 0. The fourth-order valence-electron chi connectivity index (χ4n) is 0.543. The zero-order valence-electron chi connectivity index (χ0n) is 6.97. The van der Waals surface area contributed by atoms with E-state index in [0.717, 1.165) is 11.0 Å². The normalized spacial score (nSPS) is 14.1. The highest BCUT2D eigenvalue weighted by molar-refractivity contribution is 7.99. The molecule has 4 heteroatoms. The van der Waals surface area contributed by atoms with E-state index in [2.05, 4.69) is 21.1 Å². The van der Waals surface area contributed by atoms with Crippen LogP contribution in [-0.4, -0.2) is 49.0 Å². The Morgan fingerprint density at radius 2 is 1.80 bits per heavy atom. The molecule has 1 unspecified atom stereocenters. The van der Waals surface area contributed by atoms with Gasteiger partial charge in [-0.15, -0.1) is 11.8 Å². The molecule has 0 spiro atoms. The average Bonchev–Trinajstić information content (AvgIpc) is 1.62. The van der Waals surface area contributed by atoms with Gasteiger partial charge in [-0.25, -0.2) is 0 Å². The summed E-state index contributed by atoms with van der Waals surface area (Å²) in [6, 6.07) is 0. The predicted octanol–water partition coefficient (Wildman–Crippen LogP) is -2.62. The van der Waals surface area contributed by atoms with Crippen molar-refractivity contribution in [2.24, 2.45) is 0 Å². The number of hydrogen-bond donors (Lipinski definition) is 1. The van der Waals surface area contributed by atoms with Crippen LogP contribution in [-0.2, 0) is 0 Å². The first-order valence-corrected chi connectivity index (χ1v) is 4.26. The van der Waals surface area contributed by atoms with Crippen LogP contribution in [0.3, 0.4) is 0 Å². The predicted molar refractivity (Wildman–Crippen MR) is 42.4 cm³/mol. The molecule has 0 aromatic carbocycles. The van der Waals surface area contributed by atoms with Crippen molar-refractivity contribution in [3.63, 3.8) is 0 Å². The minimum Gasteiger partial charge on any atom is -1.00 e. The standard InChI is InChI=1S/C6H16NOS.HI/c1-7(2,3)5-6(8)9-4;/h6,8H,5H2,1-4H3;1H/q+1;/p-1. The van der Waals surface area contributed by atoms with Crippen LogP contribution >= 0.6 is 11.8 Å². The summed E-state index contributed by atoms with van der Waals surface area (Å²) in [5, 5.41) is 9.14. The zero-order valence-corrected chi connectivity index (χ0v) is 9.94. The molecule has 0 aliphatic heterocycles. The smallest absolute Gasteiger partial charge is 0.148 e. The second kappa shape index (κ2) is 5.62. The molecule has 0 fully saturated rings. The number of halogens is 1. The average molecular weight is 277 g/mol. The van der Waals surface area contributed by atoms with Gasteiger partial charge in [0.05, 0.1) is 21.1 Å². The van der Waals surface area contributed by atoms with E-state index in [4.69, 9.17) is 5.11 Å². The number of nitrogens with zero attached hydrogens (tertiary/aromatic N) is 1. The van der Waals surface area contributed by atoms with E-state index < -0.39 is 0 Å². The molecule has 1 atom stereocenters. The highest BCUT2D eigenvalue weighted by Crippen LogP contribution is 2.05. The van der Waals surface area contributed by atoms with Crippen LogP contribution in [0.25, 0.3) is 0 Å². The molecule has 10 heavy (non-hydrogen) atoms. The number of quaternary nitrogens is 1. The maximum atomic E-state index is 9.14. The largest absolute Gasteiger partial charge is 1.00 e. The number of thioether (sulfide) groups is 1. The maximum Gasteiger partial charge on any atom is 0.148 e. The van der Waals surface area contributed by atoms with Gasteiger partial charge in [0.25, 0.3) is 0 Å². The van der Waals surface area contributed by atoms with Crippen molar-refractivity contribution in [3.05, 3.63) is 0 Å². The minimum atomic E-state index is -0.218. The van der Waals surface area contributed by atoms with Gasteiger partial charge >= 0.3 is 0 Å². The van der Waals surface area contributed by atoms with Crippen molar-refractivity contribution in [2.75, 3.05) is 33.9 Å². The topological polar surface area (TPSA) is 20.2 Å². The van der Waals surface area contributed by atoms with Crippen LogP contribution in [0.5, 0.6) is 0 Å². The Kier molecular flexibility index (Phi) is 7.64. The van der Waals surface area contributed by atoms with Gasteiger partial charge in [0.1, 0.15) is 12.0 Å². The van der Waals surface area contributed by atoms with Crippen molar-refractivity contribution in [2.45, 2.75) is 5.44 Å². The van der Waals surface area contributed by atoms with Gasteiger partial charge in [-0.05, 0) is 6.26 Å². The quantitative estimate of drug-likeness (QED) is 0.346. The molecule has 64 valence electrons. The van der Waals surface area contributed by atoms with Crippen LogP contribution < -0.4 is 24.0 Å². The third-order valence-corrected chi connectivity index (χ3v) is 1.67. The molecule has 0 aromatic rings. The van der Waals surface area contributed by atoms with Gasteiger partial charge in [0, 0.05) is 0 Å². The number of rotatable bonds is 3. The lowest BCUT2D eigenvalue weighted by Gasteiger charge is -2.25. The van der Waals surface area contributed by atoms with E-state index in [1.165, 1.54) is 11.8 Å². The molecule has 0 saturated heterocycles. The SMILES string of the molecule is CSC(O)C[N+](C)(C)C.[I-]. The summed E-state index contributed by atoms with van der Waals surface area (Å²) < 4.78 is 0.821. The molecule has 0 saturated carbocycles. The van der Waals surface area contributed by atoms with Crippen molar-refractivity contribution in [1.29, 1.82) is 0 Å². The number of likely N-dealkylation sites (N-methyl/N-ethyl adjacent to an activating group) is 1. The van der Waals surface area contributed by atoms with Crippen LogP contribution in [0, 0.1) is 0 Å². The lowest BCUT2D eigenvalue weighted by molar-refractivity contribution is -0.871. The molecule has 0 heterocycles. The van der Waals surface area contributed by atoms with Crippen LogP contribution in [0.1, 0.15) is 0 Å². The summed E-state index contributed by atoms with van der Waals surface area (Å²) in [7, 11) is 6.21. The van der Waals surface area contributed by atoms with E-state index in [-0.39, 0.29) is 29.4 Å². The Morgan fingerprint density at radius 3 is 1.90 bits per heavy atom. The maximum absolute atomic E-state index is 9.14. The highest BCUT2D eigenvalue weighted by atomic mass is 127. The van der Waals surface area contributed by atoms with E-state index >= 15 is 0 Å². The van der Waals surface area contributed by atoms with Crippen LogP contribution in [0.2, 0.25) is 0 Å². The molecule has 0 amide bonds. The Hall–Kier alpha value is 1.00. The third kappa shape index (κ3) is 9.00. The minimum absolute atomic E-state index is 0. The summed E-state index contributed by atoms with van der Waals surface area (Å²) >= 11 is 1.49. The molecule has 0 bridgehead atoms. The monoisotopic (exact) mass is 277 g/mol. The Bertz CT molecular complexity index is 84.3. The fraction of sp³-hybridized carbons (Fsp3) is 1.00. The van der Waals surface area contributed by atoms with E-state index in [1.807, 2.05) is 6.26 Å². The molecule has 2 nitrogen and oxygen atoms in total. The molecule has 0 aliphatic carbocycles. The lowest BCUT2D eigenvalue weighted by Crippen LogP contribution is -3.00. The third-order valence-electron chi connectivity index (χ3n) is 0.976. The first-order valence-electron chi connectivity index (χ1n) is 2.97. The first kappa shape index (κ1) is 13.6. The van der Waals surface area contributed by atoms with Gasteiger partial charge in [-0.1, -0.05) is 0 Å². The van der Waals surface area contributed by atoms with Crippen LogP contribution in [0.4, 0.5) is 0 Å². The van der Waals surface area contributed by atoms with Crippen molar-refractivity contribution < 1.29 is 33.6 Å². The molecule has 0 aromatic heterocycles. The molecular weight excluding hydrogens is 261 g/mol. The molecular formula is C6H16INOS. The van der Waals surface area contributed by atoms with E-state index in [1.54, 1.807) is 0 Å². The van der Waals surface area contributed by atoms with Crippen molar-refractivity contribution >= 4 is 11.8 Å². The first-order chi connectivity index (χ1) is 3.95. The van der Waals surface area contributed by atoms with Crippen LogP contribution in [0.15, 0.2) is 0 Å². The Labute approximate surface area is 84.6 Å². The number of aliphatic hydroxyl groups excluding tert-OH is 1. The molecule has 0 radical (unpaired) electrons. The second-order valence-electron chi connectivity index (χ2n) is 3.16. The van der Waals surface area contributed by atoms with E-state index in [9.17, 15) is 0 Å². The summed E-state index contributed by atoms with van der Waals surface area (Å²) in [4.78, 5) is 0. The summed E-state index contributed by atoms with van der Waals surface area (Å²) in [5.41, 5.74) is -0.218. The molecule has 0 rings (SSSR count).